The summed E-state index contributed by atoms with van der Waals surface area (Å²) in [5.74, 6) is 0.00408. The van der Waals surface area contributed by atoms with Gasteiger partial charge in [-0.05, 0) is 30.5 Å². The first-order valence-corrected chi connectivity index (χ1v) is 7.27. The van der Waals surface area contributed by atoms with Crippen LogP contribution in [0.2, 0.25) is 5.02 Å². The molecular weight excluding hydrogens is 288 g/mol. The number of fused-ring (bicyclic) bond motifs is 1. The normalized spacial score (nSPS) is 13.9. The van der Waals surface area contributed by atoms with Gasteiger partial charge in [-0.1, -0.05) is 23.7 Å². The molecule has 3 rings (SSSR count). The Bertz CT molecular complexity index is 706. The molecule has 21 heavy (non-hydrogen) atoms. The number of hydrogen-bond donors (Lipinski definition) is 1. The maximum absolute atomic E-state index is 12.1. The highest BCUT2D eigenvalue weighted by Crippen LogP contribution is 2.23. The summed E-state index contributed by atoms with van der Waals surface area (Å²) in [5.41, 5.74) is 2.39. The Hall–Kier alpha value is -2.07. The lowest BCUT2D eigenvalue weighted by atomic mass is 9.95. The number of para-hydroxylation sites is 1. The predicted octanol–water partition coefficient (Wildman–Crippen LogP) is 3.30. The SMILES string of the molecule is O=C(Cn1cc2c(c1)C(=O)CCC2)Nc1ccccc1Cl. The van der Waals surface area contributed by atoms with E-state index in [0.717, 1.165) is 24.0 Å². The lowest BCUT2D eigenvalue weighted by Gasteiger charge is -2.07. The third kappa shape index (κ3) is 3.00. The van der Waals surface area contributed by atoms with Crippen LogP contribution in [0.4, 0.5) is 5.69 Å². The van der Waals surface area contributed by atoms with Crippen molar-refractivity contribution in [2.45, 2.75) is 25.8 Å². The Morgan fingerprint density at radius 2 is 2.05 bits per heavy atom. The van der Waals surface area contributed by atoms with Crippen molar-refractivity contribution in [3.8, 4) is 0 Å². The van der Waals surface area contributed by atoms with E-state index in [1.54, 1.807) is 22.9 Å². The van der Waals surface area contributed by atoms with Gasteiger partial charge in [-0.25, -0.2) is 0 Å². The summed E-state index contributed by atoms with van der Waals surface area (Å²) in [6, 6.07) is 7.10. The van der Waals surface area contributed by atoms with Crippen molar-refractivity contribution >= 4 is 29.0 Å². The molecule has 0 spiro atoms. The maximum Gasteiger partial charge on any atom is 0.244 e. The molecule has 0 aliphatic heterocycles. The molecule has 1 heterocycles. The molecule has 0 unspecified atom stereocenters. The Labute approximate surface area is 127 Å². The molecule has 1 amide bonds. The number of anilines is 1. The first-order valence-electron chi connectivity index (χ1n) is 6.90. The van der Waals surface area contributed by atoms with E-state index in [2.05, 4.69) is 5.32 Å². The van der Waals surface area contributed by atoms with Crippen molar-refractivity contribution in [3.63, 3.8) is 0 Å². The lowest BCUT2D eigenvalue weighted by molar-refractivity contribution is -0.116. The van der Waals surface area contributed by atoms with Gasteiger partial charge in [0, 0.05) is 24.4 Å². The molecule has 2 aromatic rings. The first kappa shape index (κ1) is 13.9. The van der Waals surface area contributed by atoms with Gasteiger partial charge in [0.05, 0.1) is 10.7 Å². The summed E-state index contributed by atoms with van der Waals surface area (Å²) in [6.45, 7) is 0.172. The van der Waals surface area contributed by atoms with Crippen molar-refractivity contribution in [2.24, 2.45) is 0 Å². The smallest absolute Gasteiger partial charge is 0.244 e. The second-order valence-corrected chi connectivity index (χ2v) is 5.58. The fourth-order valence-electron chi connectivity index (χ4n) is 2.59. The zero-order valence-electron chi connectivity index (χ0n) is 11.4. The maximum atomic E-state index is 12.1. The van der Waals surface area contributed by atoms with Crippen LogP contribution >= 0.6 is 11.6 Å². The number of aryl methyl sites for hydroxylation is 1. The van der Waals surface area contributed by atoms with Crippen LogP contribution in [0.15, 0.2) is 36.7 Å². The molecule has 0 saturated heterocycles. The number of nitrogens with one attached hydrogen (secondary N) is 1. The molecule has 1 N–H and O–H groups in total. The number of amides is 1. The van der Waals surface area contributed by atoms with E-state index >= 15 is 0 Å². The molecule has 0 bridgehead atoms. The van der Waals surface area contributed by atoms with Crippen molar-refractivity contribution in [1.82, 2.24) is 4.57 Å². The van der Waals surface area contributed by atoms with E-state index < -0.39 is 0 Å². The third-order valence-corrected chi connectivity index (χ3v) is 3.92. The van der Waals surface area contributed by atoms with E-state index in [4.69, 9.17) is 11.6 Å². The summed E-state index contributed by atoms with van der Waals surface area (Å²) in [7, 11) is 0. The third-order valence-electron chi connectivity index (χ3n) is 3.59. The Balaban J connectivity index is 1.71. The number of Topliss-reactive ketones (excluding diaryl/α,β-unsaturated/α-hetero) is 1. The molecule has 0 saturated carbocycles. The van der Waals surface area contributed by atoms with Gasteiger partial charge in [0.25, 0.3) is 0 Å². The van der Waals surface area contributed by atoms with Gasteiger partial charge in [0.15, 0.2) is 5.78 Å². The number of halogens is 1. The number of aromatic nitrogens is 1. The van der Waals surface area contributed by atoms with Crippen molar-refractivity contribution < 1.29 is 9.59 Å². The van der Waals surface area contributed by atoms with E-state index in [9.17, 15) is 9.59 Å². The molecule has 108 valence electrons. The van der Waals surface area contributed by atoms with Crippen LogP contribution in [-0.4, -0.2) is 16.3 Å². The monoisotopic (exact) mass is 302 g/mol. The highest BCUT2D eigenvalue weighted by atomic mass is 35.5. The summed E-state index contributed by atoms with van der Waals surface area (Å²) in [4.78, 5) is 23.8. The second kappa shape index (κ2) is 5.74. The molecule has 5 heteroatoms. The average molecular weight is 303 g/mol. The Kier molecular flexibility index (Phi) is 3.80. The van der Waals surface area contributed by atoms with Crippen LogP contribution in [0, 0.1) is 0 Å². The van der Waals surface area contributed by atoms with Crippen molar-refractivity contribution in [2.75, 3.05) is 5.32 Å². The van der Waals surface area contributed by atoms with E-state index in [0.29, 0.717) is 17.1 Å². The summed E-state index contributed by atoms with van der Waals surface area (Å²) >= 11 is 6.01. The summed E-state index contributed by atoms with van der Waals surface area (Å²) < 4.78 is 1.76. The van der Waals surface area contributed by atoms with Crippen LogP contribution < -0.4 is 5.32 Å². The van der Waals surface area contributed by atoms with Gasteiger partial charge in [-0.15, -0.1) is 0 Å². The quantitative estimate of drug-likeness (QED) is 0.946. The van der Waals surface area contributed by atoms with Gasteiger partial charge in [0.1, 0.15) is 6.54 Å². The highest BCUT2D eigenvalue weighted by Gasteiger charge is 2.19. The highest BCUT2D eigenvalue weighted by molar-refractivity contribution is 6.33. The minimum Gasteiger partial charge on any atom is -0.344 e. The minimum atomic E-state index is -0.164. The predicted molar refractivity (Wildman–Crippen MR) is 81.8 cm³/mol. The lowest BCUT2D eigenvalue weighted by Crippen LogP contribution is -2.18. The zero-order chi connectivity index (χ0) is 14.8. The number of carbonyl (C=O) groups excluding carboxylic acids is 2. The fourth-order valence-corrected chi connectivity index (χ4v) is 2.77. The number of nitrogens with zero attached hydrogens (tertiary/aromatic N) is 1. The van der Waals surface area contributed by atoms with E-state index in [1.165, 1.54) is 0 Å². The molecule has 1 aromatic heterocycles. The second-order valence-electron chi connectivity index (χ2n) is 5.17. The number of ketones is 1. The molecular formula is C16H15ClN2O2. The van der Waals surface area contributed by atoms with Crippen LogP contribution in [0.5, 0.6) is 0 Å². The van der Waals surface area contributed by atoms with Crippen molar-refractivity contribution in [3.05, 3.63) is 52.8 Å². The minimum absolute atomic E-state index is 0.164. The van der Waals surface area contributed by atoms with Crippen LogP contribution in [0.3, 0.4) is 0 Å². The van der Waals surface area contributed by atoms with Crippen molar-refractivity contribution in [1.29, 1.82) is 0 Å². The Morgan fingerprint density at radius 3 is 2.81 bits per heavy atom. The zero-order valence-corrected chi connectivity index (χ0v) is 12.2. The molecule has 1 aliphatic rings. The van der Waals surface area contributed by atoms with Gasteiger partial charge < -0.3 is 9.88 Å². The van der Waals surface area contributed by atoms with E-state index in [1.807, 2.05) is 18.3 Å². The molecule has 0 atom stereocenters. The number of rotatable bonds is 3. The number of benzene rings is 1. The Morgan fingerprint density at radius 1 is 1.24 bits per heavy atom. The average Bonchev–Trinajstić information content (AvgIpc) is 2.85. The van der Waals surface area contributed by atoms with Gasteiger partial charge in [0.2, 0.25) is 5.91 Å². The molecule has 1 aliphatic carbocycles. The van der Waals surface area contributed by atoms with Gasteiger partial charge in [-0.2, -0.15) is 0 Å². The molecule has 0 fully saturated rings. The summed E-state index contributed by atoms with van der Waals surface area (Å²) in [6.07, 6.45) is 6.05. The fraction of sp³-hybridized carbons (Fsp3) is 0.250. The largest absolute Gasteiger partial charge is 0.344 e. The first-order chi connectivity index (χ1) is 10.1. The molecule has 1 aromatic carbocycles. The number of carbonyl (C=O) groups is 2. The van der Waals surface area contributed by atoms with Gasteiger partial charge >= 0.3 is 0 Å². The molecule has 4 nitrogen and oxygen atoms in total. The van der Waals surface area contributed by atoms with Crippen LogP contribution in [0.1, 0.15) is 28.8 Å². The van der Waals surface area contributed by atoms with Crippen LogP contribution in [-0.2, 0) is 17.8 Å². The van der Waals surface area contributed by atoms with E-state index in [-0.39, 0.29) is 18.2 Å². The number of hydrogen-bond acceptors (Lipinski definition) is 2. The van der Waals surface area contributed by atoms with Gasteiger partial charge in [-0.3, -0.25) is 9.59 Å². The standard InChI is InChI=1S/C16H15ClN2O2/c17-13-5-1-2-6-14(13)18-16(21)10-19-8-11-4-3-7-15(20)12(11)9-19/h1-2,5-6,8-9H,3-4,7,10H2,(H,18,21). The topological polar surface area (TPSA) is 51.1 Å². The van der Waals surface area contributed by atoms with Crippen LogP contribution in [0.25, 0.3) is 0 Å². The summed E-state index contributed by atoms with van der Waals surface area (Å²) in [5, 5.41) is 3.28. The molecule has 0 radical (unpaired) electrons.